The summed E-state index contributed by atoms with van der Waals surface area (Å²) in [6.45, 7) is 1.90. The van der Waals surface area contributed by atoms with Gasteiger partial charge in [-0.05, 0) is 42.8 Å². The van der Waals surface area contributed by atoms with E-state index in [0.717, 1.165) is 27.2 Å². The van der Waals surface area contributed by atoms with E-state index in [4.69, 9.17) is 4.74 Å². The Hall–Kier alpha value is -2.60. The van der Waals surface area contributed by atoms with Crippen LogP contribution in [0, 0.1) is 6.92 Å². The first-order valence-corrected chi connectivity index (χ1v) is 8.60. The van der Waals surface area contributed by atoms with Crippen molar-refractivity contribution in [2.24, 2.45) is 0 Å². The van der Waals surface area contributed by atoms with E-state index >= 15 is 0 Å². The maximum absolute atomic E-state index is 12.4. The molecule has 3 aromatic rings. The van der Waals surface area contributed by atoms with Crippen molar-refractivity contribution >= 4 is 27.7 Å². The van der Waals surface area contributed by atoms with Crippen LogP contribution >= 0.6 is 15.9 Å². The van der Waals surface area contributed by atoms with E-state index in [-0.39, 0.29) is 12.3 Å². The molecule has 1 aromatic heterocycles. The highest BCUT2D eigenvalue weighted by molar-refractivity contribution is 9.10. The van der Waals surface area contributed by atoms with E-state index in [2.05, 4.69) is 26.3 Å². The monoisotopic (exact) mass is 399 g/mol. The molecule has 1 amide bonds. The zero-order valence-corrected chi connectivity index (χ0v) is 15.6. The number of halogens is 1. The number of nitrogens with zero attached hydrogens (tertiary/aromatic N) is 2. The Morgan fingerprint density at radius 3 is 2.76 bits per heavy atom. The third kappa shape index (κ3) is 4.28. The lowest BCUT2D eigenvalue weighted by molar-refractivity contribution is -0.115. The van der Waals surface area contributed by atoms with Crippen LogP contribution in [0.25, 0.3) is 5.69 Å². The SMILES string of the molecule is COc1cccc(CC(=O)Nc2cc(C)nn2-c2cccc(Br)c2)c1. The molecule has 0 saturated carbocycles. The molecule has 0 bridgehead atoms. The lowest BCUT2D eigenvalue weighted by Gasteiger charge is -2.10. The molecule has 0 aliphatic carbocycles. The lowest BCUT2D eigenvalue weighted by Crippen LogP contribution is -2.17. The van der Waals surface area contributed by atoms with Crippen LogP contribution in [0.1, 0.15) is 11.3 Å². The molecule has 0 atom stereocenters. The largest absolute Gasteiger partial charge is 0.497 e. The van der Waals surface area contributed by atoms with Crippen molar-refractivity contribution < 1.29 is 9.53 Å². The molecule has 2 aromatic carbocycles. The Bertz CT molecular complexity index is 905. The summed E-state index contributed by atoms with van der Waals surface area (Å²) in [7, 11) is 1.61. The van der Waals surface area contributed by atoms with Gasteiger partial charge in [0.2, 0.25) is 5.91 Å². The summed E-state index contributed by atoms with van der Waals surface area (Å²) in [5.41, 5.74) is 2.60. The average molecular weight is 400 g/mol. The number of methoxy groups -OCH3 is 1. The lowest BCUT2D eigenvalue weighted by atomic mass is 10.1. The zero-order valence-electron chi connectivity index (χ0n) is 14.0. The van der Waals surface area contributed by atoms with E-state index in [0.29, 0.717) is 5.82 Å². The third-order valence-electron chi connectivity index (χ3n) is 3.65. The first kappa shape index (κ1) is 17.2. The summed E-state index contributed by atoms with van der Waals surface area (Å²) in [5.74, 6) is 1.27. The molecule has 0 spiro atoms. The molecule has 128 valence electrons. The van der Waals surface area contributed by atoms with Crippen LogP contribution in [0.3, 0.4) is 0 Å². The van der Waals surface area contributed by atoms with Crippen LogP contribution < -0.4 is 10.1 Å². The van der Waals surface area contributed by atoms with Gasteiger partial charge in [0.25, 0.3) is 0 Å². The van der Waals surface area contributed by atoms with E-state index in [1.54, 1.807) is 11.8 Å². The van der Waals surface area contributed by atoms with Crippen molar-refractivity contribution in [3.63, 3.8) is 0 Å². The van der Waals surface area contributed by atoms with Gasteiger partial charge in [0, 0.05) is 10.5 Å². The molecule has 25 heavy (non-hydrogen) atoms. The predicted octanol–water partition coefficient (Wildman–Crippen LogP) is 4.13. The summed E-state index contributed by atoms with van der Waals surface area (Å²) >= 11 is 3.46. The molecule has 0 fully saturated rings. The van der Waals surface area contributed by atoms with Gasteiger partial charge in [0.1, 0.15) is 11.6 Å². The fraction of sp³-hybridized carbons (Fsp3) is 0.158. The number of anilines is 1. The van der Waals surface area contributed by atoms with E-state index in [1.165, 1.54) is 0 Å². The molecule has 0 saturated heterocycles. The minimum Gasteiger partial charge on any atom is -0.497 e. The van der Waals surface area contributed by atoms with Crippen molar-refractivity contribution in [1.82, 2.24) is 9.78 Å². The summed E-state index contributed by atoms with van der Waals surface area (Å²) in [5, 5.41) is 7.41. The van der Waals surface area contributed by atoms with Gasteiger partial charge in [-0.1, -0.05) is 34.1 Å². The van der Waals surface area contributed by atoms with E-state index in [9.17, 15) is 4.79 Å². The second-order valence-corrected chi connectivity index (χ2v) is 6.55. The Morgan fingerprint density at radius 1 is 1.20 bits per heavy atom. The molecule has 3 rings (SSSR count). The third-order valence-corrected chi connectivity index (χ3v) is 4.14. The van der Waals surface area contributed by atoms with Crippen molar-refractivity contribution in [3.05, 3.63) is 70.3 Å². The van der Waals surface area contributed by atoms with Gasteiger partial charge < -0.3 is 10.1 Å². The normalized spacial score (nSPS) is 10.5. The van der Waals surface area contributed by atoms with Crippen molar-refractivity contribution in [3.8, 4) is 11.4 Å². The molecule has 1 heterocycles. The summed E-state index contributed by atoms with van der Waals surface area (Å²) < 4.78 is 7.87. The zero-order chi connectivity index (χ0) is 17.8. The molecule has 0 aliphatic rings. The first-order chi connectivity index (χ1) is 12.0. The van der Waals surface area contributed by atoms with Crippen molar-refractivity contribution in [2.75, 3.05) is 12.4 Å². The van der Waals surface area contributed by atoms with Crippen LogP contribution in [-0.4, -0.2) is 22.8 Å². The average Bonchev–Trinajstić information content (AvgIpc) is 2.95. The number of aryl methyl sites for hydroxylation is 1. The van der Waals surface area contributed by atoms with Crippen molar-refractivity contribution in [2.45, 2.75) is 13.3 Å². The minimum atomic E-state index is -0.107. The minimum absolute atomic E-state index is 0.107. The number of benzene rings is 2. The summed E-state index contributed by atoms with van der Waals surface area (Å²) in [6.07, 6.45) is 0.264. The highest BCUT2D eigenvalue weighted by Gasteiger charge is 2.12. The number of hydrogen-bond donors (Lipinski definition) is 1. The summed E-state index contributed by atoms with van der Waals surface area (Å²) in [6, 6.07) is 17.1. The number of amides is 1. The molecule has 6 heteroatoms. The number of rotatable bonds is 5. The number of hydrogen-bond acceptors (Lipinski definition) is 3. The van der Waals surface area contributed by atoms with Gasteiger partial charge in [-0.15, -0.1) is 0 Å². The van der Waals surface area contributed by atoms with Crippen LogP contribution in [0.5, 0.6) is 5.75 Å². The topological polar surface area (TPSA) is 56.1 Å². The van der Waals surface area contributed by atoms with E-state index in [1.807, 2.05) is 61.5 Å². The maximum atomic E-state index is 12.4. The van der Waals surface area contributed by atoms with E-state index < -0.39 is 0 Å². The summed E-state index contributed by atoms with van der Waals surface area (Å²) in [4.78, 5) is 12.4. The van der Waals surface area contributed by atoms with Gasteiger partial charge in [0.05, 0.1) is 24.9 Å². The number of nitrogens with one attached hydrogen (secondary N) is 1. The molecule has 0 unspecified atom stereocenters. The number of carbonyl (C=O) groups is 1. The van der Waals surface area contributed by atoms with Gasteiger partial charge in [-0.25, -0.2) is 4.68 Å². The molecular weight excluding hydrogens is 382 g/mol. The quantitative estimate of drug-likeness (QED) is 0.701. The van der Waals surface area contributed by atoms with Crippen molar-refractivity contribution in [1.29, 1.82) is 0 Å². The first-order valence-electron chi connectivity index (χ1n) is 7.80. The maximum Gasteiger partial charge on any atom is 0.229 e. The highest BCUT2D eigenvalue weighted by atomic mass is 79.9. The second kappa shape index (κ2) is 7.53. The highest BCUT2D eigenvalue weighted by Crippen LogP contribution is 2.21. The molecular formula is C19H18BrN3O2. The van der Waals surface area contributed by atoms with Gasteiger partial charge in [-0.2, -0.15) is 5.10 Å². The Balaban J connectivity index is 1.79. The standard InChI is InChI=1S/C19H18BrN3O2/c1-13-9-18(23(22-13)16-7-4-6-15(20)12-16)21-19(24)11-14-5-3-8-17(10-14)25-2/h3-10,12H,11H2,1-2H3,(H,21,24). The molecule has 0 radical (unpaired) electrons. The smallest absolute Gasteiger partial charge is 0.229 e. The van der Waals surface area contributed by atoms with Crippen LogP contribution in [-0.2, 0) is 11.2 Å². The van der Waals surface area contributed by atoms with Gasteiger partial charge in [-0.3, -0.25) is 4.79 Å². The fourth-order valence-corrected chi connectivity index (χ4v) is 2.94. The Labute approximate surface area is 154 Å². The number of carbonyl (C=O) groups excluding carboxylic acids is 1. The second-order valence-electron chi connectivity index (χ2n) is 5.64. The van der Waals surface area contributed by atoms with Crippen LogP contribution in [0.15, 0.2) is 59.1 Å². The van der Waals surface area contributed by atoms with Gasteiger partial charge in [0.15, 0.2) is 0 Å². The Morgan fingerprint density at radius 2 is 2.00 bits per heavy atom. The van der Waals surface area contributed by atoms with Crippen LogP contribution in [0.2, 0.25) is 0 Å². The number of ether oxygens (including phenoxy) is 1. The molecule has 1 N–H and O–H groups in total. The Kier molecular flexibility index (Phi) is 5.19. The van der Waals surface area contributed by atoms with Crippen LogP contribution in [0.4, 0.5) is 5.82 Å². The number of aromatic nitrogens is 2. The van der Waals surface area contributed by atoms with Gasteiger partial charge >= 0.3 is 0 Å². The predicted molar refractivity (Wildman–Crippen MR) is 101 cm³/mol. The fourth-order valence-electron chi connectivity index (χ4n) is 2.55. The molecule has 0 aliphatic heterocycles. The molecule has 5 nitrogen and oxygen atoms in total.